The minimum absolute atomic E-state index is 0.0658. The Bertz CT molecular complexity index is 1200. The second kappa shape index (κ2) is 11.0. The molecule has 2 aromatic rings. The van der Waals surface area contributed by atoms with Crippen LogP contribution in [0.4, 0.5) is 11.4 Å². The van der Waals surface area contributed by atoms with E-state index in [1.807, 2.05) is 0 Å². The predicted octanol–water partition coefficient (Wildman–Crippen LogP) is 7.15. The van der Waals surface area contributed by atoms with Crippen LogP contribution in [0, 0.1) is 0 Å². The maximum Gasteiger partial charge on any atom is 0.209 e. The lowest BCUT2D eigenvalue weighted by Gasteiger charge is -2.27. The number of methoxy groups -OCH3 is 2. The van der Waals surface area contributed by atoms with Crippen LogP contribution in [0.15, 0.2) is 72.5 Å². The lowest BCUT2D eigenvalue weighted by molar-refractivity contribution is -0.440. The van der Waals surface area contributed by atoms with Gasteiger partial charge in [0.2, 0.25) is 5.69 Å². The standard InChI is InChI=1S/C33H45N2O2/c1-24(36-7)20-22-34-28-16-11-9-14-26(28)32(3,4)30(34)18-13-19-31-33(5,6)27-15-10-12-17-29(27)35(31)23-21-25(2)37-8/h9-19,24-25H,20-23H2,1-8H3/q+1. The third-order valence-corrected chi connectivity index (χ3v) is 8.43. The Balaban J connectivity index is 1.72. The average molecular weight is 502 g/mol. The van der Waals surface area contributed by atoms with Crippen molar-refractivity contribution in [2.45, 2.75) is 77.4 Å². The number of anilines is 1. The molecule has 198 valence electrons. The minimum atomic E-state index is -0.0658. The molecule has 0 radical (unpaired) electrons. The van der Waals surface area contributed by atoms with E-state index in [-0.39, 0.29) is 23.0 Å². The van der Waals surface area contributed by atoms with Crippen molar-refractivity contribution in [1.29, 1.82) is 0 Å². The summed E-state index contributed by atoms with van der Waals surface area (Å²) in [6, 6.07) is 17.7. The van der Waals surface area contributed by atoms with Crippen LogP contribution in [-0.4, -0.2) is 49.8 Å². The summed E-state index contributed by atoms with van der Waals surface area (Å²) in [6.07, 6.45) is 9.35. The van der Waals surface area contributed by atoms with Crippen LogP contribution >= 0.6 is 0 Å². The van der Waals surface area contributed by atoms with E-state index in [1.165, 1.54) is 33.9 Å². The summed E-state index contributed by atoms with van der Waals surface area (Å²) in [5.41, 5.74) is 7.93. The first kappa shape index (κ1) is 27.3. The van der Waals surface area contributed by atoms with Gasteiger partial charge in [0.25, 0.3) is 0 Å². The number of rotatable bonds is 10. The first-order chi connectivity index (χ1) is 17.6. The van der Waals surface area contributed by atoms with Crippen molar-refractivity contribution in [1.82, 2.24) is 0 Å². The number of hydrogen-bond donors (Lipinski definition) is 0. The first-order valence-corrected chi connectivity index (χ1v) is 13.7. The van der Waals surface area contributed by atoms with Crippen LogP contribution in [-0.2, 0) is 20.3 Å². The monoisotopic (exact) mass is 501 g/mol. The van der Waals surface area contributed by atoms with Crippen LogP contribution in [0.5, 0.6) is 0 Å². The smallest absolute Gasteiger partial charge is 0.209 e. The summed E-state index contributed by atoms with van der Waals surface area (Å²) in [4.78, 5) is 2.49. The van der Waals surface area contributed by atoms with E-state index in [2.05, 4.69) is 118 Å². The van der Waals surface area contributed by atoms with Gasteiger partial charge in [-0.1, -0.05) is 56.3 Å². The van der Waals surface area contributed by atoms with Crippen LogP contribution in [0.3, 0.4) is 0 Å². The fourth-order valence-electron chi connectivity index (χ4n) is 5.85. The van der Waals surface area contributed by atoms with Gasteiger partial charge in [-0.05, 0) is 51.8 Å². The Morgan fingerprint density at radius 3 is 2.16 bits per heavy atom. The fourth-order valence-corrected chi connectivity index (χ4v) is 5.85. The molecule has 0 spiro atoms. The maximum atomic E-state index is 5.57. The third-order valence-electron chi connectivity index (χ3n) is 8.43. The Morgan fingerprint density at radius 1 is 0.838 bits per heavy atom. The van der Waals surface area contributed by atoms with Crippen LogP contribution < -0.4 is 4.90 Å². The Morgan fingerprint density at radius 2 is 1.46 bits per heavy atom. The lowest BCUT2D eigenvalue weighted by Crippen LogP contribution is -2.29. The molecule has 2 aliphatic heterocycles. The average Bonchev–Trinajstić information content (AvgIpc) is 3.24. The number of ether oxygens (including phenoxy) is 2. The Hall–Kier alpha value is -2.69. The summed E-state index contributed by atoms with van der Waals surface area (Å²) < 4.78 is 13.6. The van der Waals surface area contributed by atoms with E-state index in [9.17, 15) is 0 Å². The van der Waals surface area contributed by atoms with Gasteiger partial charge in [0.1, 0.15) is 0 Å². The van der Waals surface area contributed by atoms with Crippen molar-refractivity contribution in [2.75, 3.05) is 32.2 Å². The van der Waals surface area contributed by atoms with Gasteiger partial charge in [0.05, 0.1) is 17.6 Å². The largest absolute Gasteiger partial charge is 0.382 e. The van der Waals surface area contributed by atoms with E-state index >= 15 is 0 Å². The topological polar surface area (TPSA) is 24.7 Å². The number of fused-ring (bicyclic) bond motifs is 2. The fraction of sp³-hybridized carbons (Fsp3) is 0.485. The molecule has 0 fully saturated rings. The summed E-state index contributed by atoms with van der Waals surface area (Å²) in [5.74, 6) is 0. The van der Waals surface area contributed by atoms with E-state index in [1.54, 1.807) is 14.2 Å². The Labute approximate surface area is 224 Å². The molecule has 0 aromatic heterocycles. The zero-order chi connectivity index (χ0) is 26.8. The van der Waals surface area contributed by atoms with E-state index in [4.69, 9.17) is 9.47 Å². The van der Waals surface area contributed by atoms with Crippen molar-refractivity contribution in [3.05, 3.63) is 83.6 Å². The van der Waals surface area contributed by atoms with Gasteiger partial charge < -0.3 is 14.4 Å². The second-order valence-corrected chi connectivity index (χ2v) is 11.6. The zero-order valence-corrected chi connectivity index (χ0v) is 24.0. The molecule has 0 aliphatic carbocycles. The molecule has 2 heterocycles. The molecule has 0 amide bonds. The van der Waals surface area contributed by atoms with Crippen molar-refractivity contribution in [3.63, 3.8) is 0 Å². The number of benzene rings is 2. The quantitative estimate of drug-likeness (QED) is 0.323. The van der Waals surface area contributed by atoms with Gasteiger partial charge in [-0.25, -0.2) is 0 Å². The molecule has 4 heteroatoms. The molecule has 2 aromatic carbocycles. The minimum Gasteiger partial charge on any atom is -0.382 e. The molecule has 0 N–H and O–H groups in total. The molecular weight excluding hydrogens is 456 g/mol. The highest BCUT2D eigenvalue weighted by atomic mass is 16.5. The van der Waals surface area contributed by atoms with Gasteiger partial charge in [0, 0.05) is 61.7 Å². The molecule has 0 saturated carbocycles. The molecule has 2 atom stereocenters. The van der Waals surface area contributed by atoms with E-state index < -0.39 is 0 Å². The van der Waals surface area contributed by atoms with Gasteiger partial charge in [0.15, 0.2) is 12.3 Å². The van der Waals surface area contributed by atoms with Gasteiger partial charge in [-0.3, -0.25) is 0 Å². The summed E-state index contributed by atoms with van der Waals surface area (Å²) >= 11 is 0. The van der Waals surface area contributed by atoms with E-state index in [0.717, 1.165) is 25.9 Å². The van der Waals surface area contributed by atoms with Crippen LogP contribution in [0.25, 0.3) is 0 Å². The second-order valence-electron chi connectivity index (χ2n) is 11.6. The molecule has 2 unspecified atom stereocenters. The summed E-state index contributed by atoms with van der Waals surface area (Å²) in [7, 11) is 3.59. The van der Waals surface area contributed by atoms with Crippen molar-refractivity contribution in [3.8, 4) is 0 Å². The number of allylic oxidation sites excluding steroid dienone is 4. The Kier molecular flexibility index (Phi) is 8.11. The summed E-state index contributed by atoms with van der Waals surface area (Å²) in [6.45, 7) is 15.5. The third kappa shape index (κ3) is 5.19. The van der Waals surface area contributed by atoms with Crippen molar-refractivity contribution in [2.24, 2.45) is 0 Å². The highest BCUT2D eigenvalue weighted by molar-refractivity contribution is 6.03. The number of para-hydroxylation sites is 2. The van der Waals surface area contributed by atoms with Gasteiger partial charge in [-0.15, -0.1) is 0 Å². The first-order valence-electron chi connectivity index (χ1n) is 13.7. The van der Waals surface area contributed by atoms with Crippen LogP contribution in [0.2, 0.25) is 0 Å². The lowest BCUT2D eigenvalue weighted by atomic mass is 9.81. The zero-order valence-electron chi connectivity index (χ0n) is 24.0. The summed E-state index contributed by atoms with van der Waals surface area (Å²) in [5, 5.41) is 0. The number of hydrogen-bond acceptors (Lipinski definition) is 3. The highest BCUT2D eigenvalue weighted by Crippen LogP contribution is 2.48. The van der Waals surface area contributed by atoms with Crippen LogP contribution in [0.1, 0.15) is 65.5 Å². The molecule has 4 nitrogen and oxygen atoms in total. The van der Waals surface area contributed by atoms with Crippen molar-refractivity contribution >= 4 is 17.1 Å². The molecule has 0 bridgehead atoms. The predicted molar refractivity (Wildman–Crippen MR) is 155 cm³/mol. The molecule has 4 rings (SSSR count). The normalized spacial score (nSPS) is 20.5. The molecular formula is C33H45N2O2+. The van der Waals surface area contributed by atoms with Gasteiger partial charge in [-0.2, -0.15) is 4.58 Å². The molecule has 37 heavy (non-hydrogen) atoms. The molecule has 0 saturated heterocycles. The van der Waals surface area contributed by atoms with Crippen molar-refractivity contribution < 1.29 is 14.0 Å². The highest BCUT2D eigenvalue weighted by Gasteiger charge is 2.44. The SMILES string of the molecule is COC(C)CCN1C(=CC=CC2=[N+](CCC(C)OC)c3ccccc3C2(C)C)C(C)(C)c2ccccc21. The maximum absolute atomic E-state index is 5.57. The molecule has 2 aliphatic rings. The number of nitrogens with zero attached hydrogens (tertiary/aromatic N) is 2. The van der Waals surface area contributed by atoms with Gasteiger partial charge >= 0.3 is 0 Å². The van der Waals surface area contributed by atoms with E-state index in [0.29, 0.717) is 0 Å².